The average molecular weight is 454 g/mol. The lowest BCUT2D eigenvalue weighted by atomic mass is 9.95. The molecule has 0 aliphatic carbocycles. The Morgan fingerprint density at radius 3 is 2.38 bits per heavy atom. The largest absolute Gasteiger partial charge is 0.489 e. The molecule has 0 bridgehead atoms. The lowest BCUT2D eigenvalue weighted by Gasteiger charge is -2.36. The standard InChI is InChI=1S/C28H31N5O/c1-28(2,3)33-27(29-30-31-33)26(32-18-17-22-13-7-8-14-23(22)19-32)24-15-9-10-16-25(24)34-20-21-11-5-4-6-12-21/h4-16,26H,17-20H2,1-3H3. The fourth-order valence-electron chi connectivity index (χ4n) is 4.65. The summed E-state index contributed by atoms with van der Waals surface area (Å²) in [5.74, 6) is 1.70. The van der Waals surface area contributed by atoms with Crippen molar-refractivity contribution < 1.29 is 4.74 Å². The van der Waals surface area contributed by atoms with Crippen molar-refractivity contribution in [3.8, 4) is 5.75 Å². The van der Waals surface area contributed by atoms with Crippen LogP contribution < -0.4 is 4.74 Å². The highest BCUT2D eigenvalue weighted by atomic mass is 16.5. The number of rotatable bonds is 6. The molecule has 0 saturated carbocycles. The van der Waals surface area contributed by atoms with Crippen molar-refractivity contribution in [1.82, 2.24) is 25.1 Å². The molecule has 0 fully saturated rings. The number of aromatic nitrogens is 4. The van der Waals surface area contributed by atoms with Gasteiger partial charge >= 0.3 is 0 Å². The van der Waals surface area contributed by atoms with Crippen LogP contribution in [0.5, 0.6) is 5.75 Å². The molecule has 1 aromatic heterocycles. The Morgan fingerprint density at radius 2 is 1.59 bits per heavy atom. The molecule has 34 heavy (non-hydrogen) atoms. The van der Waals surface area contributed by atoms with Crippen molar-refractivity contribution >= 4 is 0 Å². The number of nitrogens with zero attached hydrogens (tertiary/aromatic N) is 5. The Balaban J connectivity index is 1.56. The minimum Gasteiger partial charge on any atom is -0.489 e. The smallest absolute Gasteiger partial charge is 0.173 e. The third-order valence-corrected chi connectivity index (χ3v) is 6.35. The topological polar surface area (TPSA) is 56.1 Å². The first-order valence-electron chi connectivity index (χ1n) is 11.9. The first-order chi connectivity index (χ1) is 16.5. The van der Waals surface area contributed by atoms with E-state index in [2.05, 4.69) is 89.7 Å². The summed E-state index contributed by atoms with van der Waals surface area (Å²) in [5, 5.41) is 13.0. The Kier molecular flexibility index (Phi) is 6.16. The Bertz CT molecular complexity index is 1240. The van der Waals surface area contributed by atoms with Crippen LogP contribution in [0.2, 0.25) is 0 Å². The normalized spacial score (nSPS) is 15.0. The van der Waals surface area contributed by atoms with Crippen molar-refractivity contribution in [2.24, 2.45) is 0 Å². The summed E-state index contributed by atoms with van der Waals surface area (Å²) in [6.07, 6.45) is 0.997. The highest BCUT2D eigenvalue weighted by Crippen LogP contribution is 2.38. The van der Waals surface area contributed by atoms with Crippen LogP contribution in [0.1, 0.15) is 54.9 Å². The molecule has 6 nitrogen and oxygen atoms in total. The molecular weight excluding hydrogens is 422 g/mol. The molecule has 0 spiro atoms. The predicted molar refractivity (Wildman–Crippen MR) is 132 cm³/mol. The highest BCUT2D eigenvalue weighted by Gasteiger charge is 2.34. The molecule has 174 valence electrons. The van der Waals surface area contributed by atoms with E-state index in [1.165, 1.54) is 11.1 Å². The van der Waals surface area contributed by atoms with Crippen LogP contribution in [0, 0.1) is 0 Å². The Labute approximate surface area is 201 Å². The van der Waals surface area contributed by atoms with E-state index in [-0.39, 0.29) is 11.6 Å². The molecule has 0 saturated heterocycles. The summed E-state index contributed by atoms with van der Waals surface area (Å²) in [6, 6.07) is 27.1. The third-order valence-electron chi connectivity index (χ3n) is 6.35. The van der Waals surface area contributed by atoms with E-state index in [0.29, 0.717) is 6.61 Å². The van der Waals surface area contributed by atoms with Gasteiger partial charge in [-0.15, -0.1) is 5.10 Å². The number of para-hydroxylation sites is 1. The quantitative estimate of drug-likeness (QED) is 0.404. The molecule has 0 amide bonds. The van der Waals surface area contributed by atoms with E-state index < -0.39 is 0 Å². The van der Waals surface area contributed by atoms with Crippen LogP contribution in [0.15, 0.2) is 78.9 Å². The average Bonchev–Trinajstić information content (AvgIpc) is 3.34. The number of hydrogen-bond donors (Lipinski definition) is 0. The van der Waals surface area contributed by atoms with Crippen molar-refractivity contribution in [2.75, 3.05) is 6.54 Å². The zero-order chi connectivity index (χ0) is 23.5. The first-order valence-corrected chi connectivity index (χ1v) is 11.9. The molecule has 5 rings (SSSR count). The van der Waals surface area contributed by atoms with Gasteiger partial charge in [-0.3, -0.25) is 4.90 Å². The molecule has 1 unspecified atom stereocenters. The lowest BCUT2D eigenvalue weighted by Crippen LogP contribution is -2.38. The van der Waals surface area contributed by atoms with Crippen LogP contribution in [-0.4, -0.2) is 31.7 Å². The number of benzene rings is 3. The zero-order valence-corrected chi connectivity index (χ0v) is 20.1. The molecular formula is C28H31N5O. The highest BCUT2D eigenvalue weighted by molar-refractivity contribution is 5.40. The van der Waals surface area contributed by atoms with Crippen LogP contribution in [0.4, 0.5) is 0 Å². The van der Waals surface area contributed by atoms with Gasteiger partial charge in [0.15, 0.2) is 5.82 Å². The van der Waals surface area contributed by atoms with E-state index >= 15 is 0 Å². The van der Waals surface area contributed by atoms with E-state index in [0.717, 1.165) is 42.2 Å². The fraction of sp³-hybridized carbons (Fsp3) is 0.321. The SMILES string of the molecule is CC(C)(C)n1nnnc1C(c1ccccc1OCc1ccccc1)N1CCc2ccccc2C1. The van der Waals surface area contributed by atoms with Gasteiger partial charge in [0.2, 0.25) is 0 Å². The van der Waals surface area contributed by atoms with Gasteiger partial charge in [0.05, 0.1) is 5.54 Å². The molecule has 1 atom stereocenters. The second-order valence-corrected chi connectivity index (χ2v) is 9.82. The van der Waals surface area contributed by atoms with E-state index in [9.17, 15) is 0 Å². The summed E-state index contributed by atoms with van der Waals surface area (Å²) in [4.78, 5) is 2.47. The van der Waals surface area contributed by atoms with Gasteiger partial charge in [-0.05, 0) is 60.4 Å². The Morgan fingerprint density at radius 1 is 0.882 bits per heavy atom. The second kappa shape index (κ2) is 9.39. The molecule has 2 heterocycles. The molecule has 3 aromatic carbocycles. The second-order valence-electron chi connectivity index (χ2n) is 9.82. The van der Waals surface area contributed by atoms with Crippen LogP contribution >= 0.6 is 0 Å². The summed E-state index contributed by atoms with van der Waals surface area (Å²) >= 11 is 0. The molecule has 4 aromatic rings. The van der Waals surface area contributed by atoms with Gasteiger partial charge in [-0.25, -0.2) is 4.68 Å². The minimum absolute atomic E-state index is 0.130. The number of hydrogen-bond acceptors (Lipinski definition) is 5. The molecule has 1 aliphatic heterocycles. The maximum Gasteiger partial charge on any atom is 0.173 e. The van der Waals surface area contributed by atoms with Crippen molar-refractivity contribution in [3.63, 3.8) is 0 Å². The summed E-state index contributed by atoms with van der Waals surface area (Å²) in [7, 11) is 0. The van der Waals surface area contributed by atoms with Gasteiger partial charge in [0, 0.05) is 18.7 Å². The van der Waals surface area contributed by atoms with E-state index in [1.807, 2.05) is 35.0 Å². The fourth-order valence-corrected chi connectivity index (χ4v) is 4.65. The van der Waals surface area contributed by atoms with Crippen LogP contribution in [-0.2, 0) is 25.1 Å². The summed E-state index contributed by atoms with van der Waals surface area (Å²) in [6.45, 7) is 8.67. The molecule has 6 heteroatoms. The maximum absolute atomic E-state index is 6.38. The van der Waals surface area contributed by atoms with Crippen LogP contribution in [0.3, 0.4) is 0 Å². The van der Waals surface area contributed by atoms with Crippen molar-refractivity contribution in [1.29, 1.82) is 0 Å². The number of ether oxygens (including phenoxy) is 1. The van der Waals surface area contributed by atoms with Crippen LogP contribution in [0.25, 0.3) is 0 Å². The van der Waals surface area contributed by atoms with E-state index in [4.69, 9.17) is 4.74 Å². The van der Waals surface area contributed by atoms with Crippen molar-refractivity contribution in [2.45, 2.75) is 51.9 Å². The van der Waals surface area contributed by atoms with Gasteiger partial charge in [0.1, 0.15) is 18.4 Å². The first kappa shape index (κ1) is 22.3. The summed E-state index contributed by atoms with van der Waals surface area (Å²) < 4.78 is 8.33. The van der Waals surface area contributed by atoms with Gasteiger partial charge in [0.25, 0.3) is 0 Å². The zero-order valence-electron chi connectivity index (χ0n) is 20.1. The predicted octanol–water partition coefficient (Wildman–Crippen LogP) is 5.15. The summed E-state index contributed by atoms with van der Waals surface area (Å²) in [5.41, 5.74) is 4.75. The lowest BCUT2D eigenvalue weighted by molar-refractivity contribution is 0.180. The third kappa shape index (κ3) is 4.59. The number of fused-ring (bicyclic) bond motifs is 1. The number of tetrazole rings is 1. The van der Waals surface area contributed by atoms with Gasteiger partial charge in [-0.2, -0.15) is 0 Å². The van der Waals surface area contributed by atoms with E-state index in [1.54, 1.807) is 0 Å². The van der Waals surface area contributed by atoms with Crippen molar-refractivity contribution in [3.05, 3.63) is 107 Å². The monoisotopic (exact) mass is 453 g/mol. The molecule has 0 radical (unpaired) electrons. The molecule has 0 N–H and O–H groups in total. The van der Waals surface area contributed by atoms with Gasteiger partial charge < -0.3 is 4.74 Å². The maximum atomic E-state index is 6.38. The Hall–Kier alpha value is -3.51. The van der Waals surface area contributed by atoms with Gasteiger partial charge in [-0.1, -0.05) is 72.8 Å². The molecule has 1 aliphatic rings. The minimum atomic E-state index is -0.245.